The van der Waals surface area contributed by atoms with E-state index in [1.165, 1.54) is 22.3 Å². The number of carbonyl (C=O) groups is 1. The molecule has 0 saturated heterocycles. The molecule has 86 valence electrons. The zero-order valence-electron chi connectivity index (χ0n) is 10.8. The Morgan fingerprint density at radius 1 is 1.19 bits per heavy atom. The fourth-order valence-corrected chi connectivity index (χ4v) is 2.22. The molecule has 1 nitrogen and oxygen atoms in total. The molecule has 1 aromatic rings. The first-order chi connectivity index (χ1) is 7.45. The molecule has 1 heteroatoms. The van der Waals surface area contributed by atoms with Crippen molar-refractivity contribution in [2.75, 3.05) is 0 Å². The summed E-state index contributed by atoms with van der Waals surface area (Å²) < 4.78 is 0. The zero-order chi connectivity index (χ0) is 12.3. The first-order valence-electron chi connectivity index (χ1n) is 5.75. The third-order valence-electron chi connectivity index (χ3n) is 2.80. The molecule has 1 aromatic carbocycles. The Balaban J connectivity index is 3.23. The fourth-order valence-electron chi connectivity index (χ4n) is 2.22. The molecule has 0 fully saturated rings. The lowest BCUT2D eigenvalue weighted by Crippen LogP contribution is -1.96. The summed E-state index contributed by atoms with van der Waals surface area (Å²) in [6.07, 6.45) is 2.33. The molecule has 0 atom stereocenters. The van der Waals surface area contributed by atoms with Crippen LogP contribution in [0.25, 0.3) is 5.57 Å². The molecule has 0 unspecified atom stereocenters. The predicted molar refractivity (Wildman–Crippen MR) is 69.6 cm³/mol. The monoisotopic (exact) mass is 216 g/mol. The molecule has 0 radical (unpaired) electrons. The summed E-state index contributed by atoms with van der Waals surface area (Å²) in [4.78, 5) is 11.4. The van der Waals surface area contributed by atoms with E-state index in [1.54, 1.807) is 6.08 Å². The highest BCUT2D eigenvalue weighted by Crippen LogP contribution is 2.24. The number of allylic oxidation sites excluding steroid dienone is 2. The first-order valence-corrected chi connectivity index (χ1v) is 5.75. The van der Waals surface area contributed by atoms with Gasteiger partial charge < -0.3 is 0 Å². The second kappa shape index (κ2) is 5.11. The Labute approximate surface area is 98.2 Å². The molecule has 0 amide bonds. The van der Waals surface area contributed by atoms with Crippen LogP contribution in [-0.4, -0.2) is 5.78 Å². The highest BCUT2D eigenvalue weighted by molar-refractivity contribution is 5.96. The van der Waals surface area contributed by atoms with Crippen LogP contribution in [-0.2, 0) is 4.79 Å². The highest BCUT2D eigenvalue weighted by atomic mass is 16.1. The topological polar surface area (TPSA) is 17.1 Å². The van der Waals surface area contributed by atoms with Gasteiger partial charge in [0.1, 0.15) is 0 Å². The van der Waals surface area contributed by atoms with Crippen molar-refractivity contribution in [3.63, 3.8) is 0 Å². The number of hydrogen-bond acceptors (Lipinski definition) is 1. The molecule has 1 rings (SSSR count). The van der Waals surface area contributed by atoms with E-state index in [0.717, 1.165) is 5.57 Å². The van der Waals surface area contributed by atoms with Crippen molar-refractivity contribution in [3.05, 3.63) is 40.5 Å². The van der Waals surface area contributed by atoms with Crippen molar-refractivity contribution in [1.82, 2.24) is 0 Å². The normalized spacial score (nSPS) is 11.7. The van der Waals surface area contributed by atoms with E-state index in [2.05, 4.69) is 32.9 Å². The number of hydrogen-bond donors (Lipinski definition) is 0. The largest absolute Gasteiger partial charge is 0.295 e. The van der Waals surface area contributed by atoms with E-state index in [0.29, 0.717) is 6.42 Å². The van der Waals surface area contributed by atoms with Crippen LogP contribution in [0.4, 0.5) is 0 Å². The van der Waals surface area contributed by atoms with E-state index in [4.69, 9.17) is 0 Å². The number of benzene rings is 1. The molecule has 0 bridgehead atoms. The minimum Gasteiger partial charge on any atom is -0.295 e. The van der Waals surface area contributed by atoms with Gasteiger partial charge in [0.2, 0.25) is 0 Å². The Bertz CT molecular complexity index is 416. The highest BCUT2D eigenvalue weighted by Gasteiger charge is 2.06. The molecule has 0 aliphatic carbocycles. The minimum atomic E-state index is 0.192. The van der Waals surface area contributed by atoms with E-state index in [9.17, 15) is 4.79 Å². The van der Waals surface area contributed by atoms with Crippen molar-refractivity contribution in [2.45, 2.75) is 41.0 Å². The number of rotatable bonds is 3. The molecule has 0 spiro atoms. The smallest absolute Gasteiger partial charge is 0.155 e. The number of ketones is 1. The molecular formula is C15H20O. The quantitative estimate of drug-likeness (QED) is 0.698. The molecule has 0 N–H and O–H groups in total. The molecular weight excluding hydrogens is 196 g/mol. The van der Waals surface area contributed by atoms with Crippen LogP contribution in [0.1, 0.15) is 42.5 Å². The number of aryl methyl sites for hydroxylation is 3. The lowest BCUT2D eigenvalue weighted by Gasteiger charge is -2.11. The van der Waals surface area contributed by atoms with Gasteiger partial charge in [-0.2, -0.15) is 0 Å². The second-order valence-corrected chi connectivity index (χ2v) is 4.42. The van der Waals surface area contributed by atoms with Crippen LogP contribution < -0.4 is 0 Å². The maximum absolute atomic E-state index is 11.4. The van der Waals surface area contributed by atoms with E-state index in [-0.39, 0.29) is 5.78 Å². The van der Waals surface area contributed by atoms with Crippen molar-refractivity contribution < 1.29 is 4.79 Å². The summed E-state index contributed by atoms with van der Waals surface area (Å²) in [6.45, 7) is 10.2. The molecule has 16 heavy (non-hydrogen) atoms. The molecule has 0 saturated carbocycles. The molecule has 0 heterocycles. The summed E-state index contributed by atoms with van der Waals surface area (Å²) >= 11 is 0. The second-order valence-electron chi connectivity index (χ2n) is 4.42. The summed E-state index contributed by atoms with van der Waals surface area (Å²) in [5.74, 6) is 0.192. The van der Waals surface area contributed by atoms with E-state index in [1.807, 2.05) is 13.8 Å². The Kier molecular flexibility index (Phi) is 4.05. The standard InChI is InChI=1S/C15H20O/c1-6-14(16)9-13(5)15-11(3)7-10(2)8-12(15)4/h7-9H,6H2,1-5H3. The van der Waals surface area contributed by atoms with Crippen LogP contribution in [0.5, 0.6) is 0 Å². The molecule has 0 aromatic heterocycles. The lowest BCUT2D eigenvalue weighted by atomic mass is 9.94. The van der Waals surface area contributed by atoms with Crippen LogP contribution in [0.3, 0.4) is 0 Å². The van der Waals surface area contributed by atoms with Crippen molar-refractivity contribution in [3.8, 4) is 0 Å². The van der Waals surface area contributed by atoms with Gasteiger partial charge in [0.15, 0.2) is 5.78 Å². The van der Waals surface area contributed by atoms with Gasteiger partial charge in [-0.05, 0) is 56.0 Å². The van der Waals surface area contributed by atoms with E-state index >= 15 is 0 Å². The average Bonchev–Trinajstić information content (AvgIpc) is 2.15. The maximum atomic E-state index is 11.4. The third-order valence-corrected chi connectivity index (χ3v) is 2.80. The summed E-state index contributed by atoms with van der Waals surface area (Å²) in [5.41, 5.74) is 6.05. The SMILES string of the molecule is CCC(=O)C=C(C)c1c(C)cc(C)cc1C. The molecule has 0 aliphatic rings. The average molecular weight is 216 g/mol. The van der Waals surface area contributed by atoms with Crippen molar-refractivity contribution in [1.29, 1.82) is 0 Å². The van der Waals surface area contributed by atoms with E-state index < -0.39 is 0 Å². The van der Waals surface area contributed by atoms with Gasteiger partial charge in [-0.15, -0.1) is 0 Å². The van der Waals surface area contributed by atoms with Crippen molar-refractivity contribution in [2.24, 2.45) is 0 Å². The van der Waals surface area contributed by atoms with Crippen LogP contribution in [0.2, 0.25) is 0 Å². The van der Waals surface area contributed by atoms with Gasteiger partial charge in [-0.3, -0.25) is 4.79 Å². The van der Waals surface area contributed by atoms with Gasteiger partial charge in [0.25, 0.3) is 0 Å². The Morgan fingerprint density at radius 3 is 2.12 bits per heavy atom. The predicted octanol–water partition coefficient (Wildman–Crippen LogP) is 3.99. The Hall–Kier alpha value is -1.37. The lowest BCUT2D eigenvalue weighted by molar-refractivity contribution is -0.114. The third kappa shape index (κ3) is 2.82. The maximum Gasteiger partial charge on any atom is 0.155 e. The molecule has 0 aliphatic heterocycles. The van der Waals surface area contributed by atoms with Crippen LogP contribution >= 0.6 is 0 Å². The Morgan fingerprint density at radius 2 is 1.69 bits per heavy atom. The van der Waals surface area contributed by atoms with Crippen LogP contribution in [0.15, 0.2) is 18.2 Å². The fraction of sp³-hybridized carbons (Fsp3) is 0.400. The van der Waals surface area contributed by atoms with Gasteiger partial charge in [-0.1, -0.05) is 24.6 Å². The first kappa shape index (κ1) is 12.7. The van der Waals surface area contributed by atoms with Crippen molar-refractivity contribution >= 4 is 11.4 Å². The minimum absolute atomic E-state index is 0.192. The van der Waals surface area contributed by atoms with Gasteiger partial charge >= 0.3 is 0 Å². The zero-order valence-corrected chi connectivity index (χ0v) is 10.8. The summed E-state index contributed by atoms with van der Waals surface area (Å²) in [5, 5.41) is 0. The van der Waals surface area contributed by atoms with Gasteiger partial charge in [0, 0.05) is 6.42 Å². The summed E-state index contributed by atoms with van der Waals surface area (Å²) in [6, 6.07) is 4.33. The van der Waals surface area contributed by atoms with Gasteiger partial charge in [0.05, 0.1) is 0 Å². The van der Waals surface area contributed by atoms with Gasteiger partial charge in [-0.25, -0.2) is 0 Å². The van der Waals surface area contributed by atoms with Crippen LogP contribution in [0, 0.1) is 20.8 Å². The number of carbonyl (C=O) groups excluding carboxylic acids is 1. The summed E-state index contributed by atoms with van der Waals surface area (Å²) in [7, 11) is 0.